The molecule has 1 rings (SSSR count). The van der Waals surface area contributed by atoms with Crippen LogP contribution in [0.2, 0.25) is 0 Å². The van der Waals surface area contributed by atoms with E-state index in [0.717, 1.165) is 5.69 Å². The van der Waals surface area contributed by atoms with Crippen molar-refractivity contribution in [1.29, 1.82) is 0 Å². The Hall–Kier alpha value is -0.830. The van der Waals surface area contributed by atoms with Crippen molar-refractivity contribution in [3.05, 3.63) is 29.8 Å². The SMILES string of the molecule is CC(C)c1cccc(N=S(C)(C)=O)c1. The standard InChI is InChI=1S/C11H17NOS/c1-9(2)10-6-5-7-11(8-10)12-14(3,4)13/h5-9H,1-4H3. The monoisotopic (exact) mass is 211 g/mol. The van der Waals surface area contributed by atoms with E-state index in [9.17, 15) is 4.21 Å². The summed E-state index contributed by atoms with van der Waals surface area (Å²) in [7, 11) is -2.04. The van der Waals surface area contributed by atoms with E-state index in [1.165, 1.54) is 5.56 Å². The Morgan fingerprint density at radius 3 is 2.43 bits per heavy atom. The maximum absolute atomic E-state index is 11.5. The lowest BCUT2D eigenvalue weighted by Crippen LogP contribution is -1.90. The summed E-state index contributed by atoms with van der Waals surface area (Å²) in [4.78, 5) is 0. The Morgan fingerprint density at radius 1 is 1.29 bits per heavy atom. The molecule has 3 heteroatoms. The maximum Gasteiger partial charge on any atom is 0.0732 e. The van der Waals surface area contributed by atoms with Gasteiger partial charge in [0, 0.05) is 22.2 Å². The Balaban J connectivity index is 3.14. The Labute approximate surface area is 86.5 Å². The van der Waals surface area contributed by atoms with Gasteiger partial charge in [0.05, 0.1) is 5.69 Å². The molecule has 0 aliphatic heterocycles. The summed E-state index contributed by atoms with van der Waals surface area (Å²) in [6, 6.07) is 7.91. The van der Waals surface area contributed by atoms with E-state index >= 15 is 0 Å². The quantitative estimate of drug-likeness (QED) is 0.738. The van der Waals surface area contributed by atoms with Gasteiger partial charge in [0.1, 0.15) is 0 Å². The van der Waals surface area contributed by atoms with Crippen molar-refractivity contribution in [3.63, 3.8) is 0 Å². The molecule has 0 N–H and O–H groups in total. The molecule has 0 bridgehead atoms. The van der Waals surface area contributed by atoms with Gasteiger partial charge in [-0.15, -0.1) is 0 Å². The molecule has 0 heterocycles. The van der Waals surface area contributed by atoms with Crippen LogP contribution < -0.4 is 0 Å². The molecule has 0 saturated carbocycles. The van der Waals surface area contributed by atoms with Gasteiger partial charge in [0.2, 0.25) is 0 Å². The van der Waals surface area contributed by atoms with Crippen LogP contribution in [0.4, 0.5) is 5.69 Å². The molecule has 0 fully saturated rings. The molecule has 0 amide bonds. The van der Waals surface area contributed by atoms with Crippen molar-refractivity contribution in [2.75, 3.05) is 12.5 Å². The lowest BCUT2D eigenvalue weighted by atomic mass is 10.0. The first-order valence-electron chi connectivity index (χ1n) is 4.65. The summed E-state index contributed by atoms with van der Waals surface area (Å²) in [6.45, 7) is 4.27. The van der Waals surface area contributed by atoms with Crippen LogP contribution in [-0.4, -0.2) is 16.7 Å². The van der Waals surface area contributed by atoms with Gasteiger partial charge in [-0.1, -0.05) is 26.0 Å². The van der Waals surface area contributed by atoms with E-state index in [1.807, 2.05) is 18.2 Å². The molecule has 0 aliphatic rings. The summed E-state index contributed by atoms with van der Waals surface area (Å²) in [6.07, 6.45) is 3.30. The molecule has 1 aromatic rings. The number of benzene rings is 1. The van der Waals surface area contributed by atoms with Gasteiger partial charge in [-0.05, 0) is 23.6 Å². The minimum atomic E-state index is -2.04. The summed E-state index contributed by atoms with van der Waals surface area (Å²) >= 11 is 0. The van der Waals surface area contributed by atoms with Gasteiger partial charge in [0.15, 0.2) is 0 Å². The molecule has 0 spiro atoms. The van der Waals surface area contributed by atoms with Crippen LogP contribution in [-0.2, 0) is 9.73 Å². The predicted molar refractivity (Wildman–Crippen MR) is 62.6 cm³/mol. The highest BCUT2D eigenvalue weighted by Gasteiger charge is 2.00. The third kappa shape index (κ3) is 3.50. The van der Waals surface area contributed by atoms with Crippen molar-refractivity contribution in [2.24, 2.45) is 4.36 Å². The van der Waals surface area contributed by atoms with Crippen LogP contribution in [0.25, 0.3) is 0 Å². The highest BCUT2D eigenvalue weighted by atomic mass is 32.2. The van der Waals surface area contributed by atoms with Crippen LogP contribution in [0.5, 0.6) is 0 Å². The van der Waals surface area contributed by atoms with E-state index in [-0.39, 0.29) is 0 Å². The van der Waals surface area contributed by atoms with Crippen molar-refractivity contribution in [1.82, 2.24) is 0 Å². The van der Waals surface area contributed by atoms with Gasteiger partial charge in [-0.25, -0.2) is 4.21 Å². The molecule has 78 valence electrons. The molecule has 2 nitrogen and oxygen atoms in total. The maximum atomic E-state index is 11.5. The fourth-order valence-corrected chi connectivity index (χ4v) is 1.82. The van der Waals surface area contributed by atoms with E-state index < -0.39 is 9.73 Å². The average Bonchev–Trinajstić information content (AvgIpc) is 2.01. The fraction of sp³-hybridized carbons (Fsp3) is 0.455. The van der Waals surface area contributed by atoms with Crippen LogP contribution in [0.3, 0.4) is 0 Å². The smallest absolute Gasteiger partial charge is 0.0732 e. The van der Waals surface area contributed by atoms with E-state index in [0.29, 0.717) is 5.92 Å². The molecule has 0 saturated heterocycles. The second kappa shape index (κ2) is 4.13. The van der Waals surface area contributed by atoms with Crippen LogP contribution in [0, 0.1) is 0 Å². The largest absolute Gasteiger partial charge is 0.250 e. The van der Waals surface area contributed by atoms with Gasteiger partial charge >= 0.3 is 0 Å². The average molecular weight is 211 g/mol. The Morgan fingerprint density at radius 2 is 1.93 bits per heavy atom. The Kier molecular flexibility index (Phi) is 3.32. The van der Waals surface area contributed by atoms with Gasteiger partial charge < -0.3 is 0 Å². The van der Waals surface area contributed by atoms with E-state index in [4.69, 9.17) is 0 Å². The third-order valence-electron chi connectivity index (χ3n) is 1.86. The van der Waals surface area contributed by atoms with Crippen LogP contribution in [0.15, 0.2) is 28.6 Å². The first-order chi connectivity index (χ1) is 6.38. The number of hydrogen-bond donors (Lipinski definition) is 0. The number of nitrogens with zero attached hydrogens (tertiary/aromatic N) is 1. The molecule has 0 radical (unpaired) electrons. The molecule has 1 aromatic carbocycles. The highest BCUT2D eigenvalue weighted by Crippen LogP contribution is 2.21. The lowest BCUT2D eigenvalue weighted by molar-refractivity contribution is 0.684. The number of rotatable bonds is 2. The lowest BCUT2D eigenvalue weighted by Gasteiger charge is -2.05. The van der Waals surface area contributed by atoms with E-state index in [1.54, 1.807) is 12.5 Å². The number of hydrogen-bond acceptors (Lipinski definition) is 2. The van der Waals surface area contributed by atoms with Gasteiger partial charge in [0.25, 0.3) is 0 Å². The molecular weight excluding hydrogens is 194 g/mol. The van der Waals surface area contributed by atoms with Crippen molar-refractivity contribution in [3.8, 4) is 0 Å². The molecule has 0 aromatic heterocycles. The molecular formula is C11H17NOS. The zero-order valence-corrected chi connectivity index (χ0v) is 9.97. The molecule has 0 atom stereocenters. The summed E-state index contributed by atoms with van der Waals surface area (Å²) in [5, 5.41) is 0. The van der Waals surface area contributed by atoms with Gasteiger partial charge in [-0.2, -0.15) is 4.36 Å². The predicted octanol–water partition coefficient (Wildman–Crippen LogP) is 3.17. The second-order valence-corrected chi connectivity index (χ2v) is 6.57. The van der Waals surface area contributed by atoms with Gasteiger partial charge in [-0.3, -0.25) is 0 Å². The van der Waals surface area contributed by atoms with Crippen molar-refractivity contribution >= 4 is 15.4 Å². The van der Waals surface area contributed by atoms with E-state index in [2.05, 4.69) is 24.3 Å². The Bertz CT molecular complexity index is 421. The molecule has 14 heavy (non-hydrogen) atoms. The topological polar surface area (TPSA) is 29.4 Å². The first kappa shape index (κ1) is 11.2. The summed E-state index contributed by atoms with van der Waals surface area (Å²) in [5.74, 6) is 0.481. The summed E-state index contributed by atoms with van der Waals surface area (Å²) in [5.41, 5.74) is 2.04. The minimum absolute atomic E-state index is 0.481. The summed E-state index contributed by atoms with van der Waals surface area (Å²) < 4.78 is 15.6. The second-order valence-electron chi connectivity index (χ2n) is 4.02. The molecule has 0 unspecified atom stereocenters. The fourth-order valence-electron chi connectivity index (χ4n) is 1.19. The zero-order valence-electron chi connectivity index (χ0n) is 9.15. The minimum Gasteiger partial charge on any atom is -0.250 e. The zero-order chi connectivity index (χ0) is 10.8. The molecule has 0 aliphatic carbocycles. The van der Waals surface area contributed by atoms with Crippen LogP contribution in [0.1, 0.15) is 25.3 Å². The van der Waals surface area contributed by atoms with Crippen LogP contribution >= 0.6 is 0 Å². The first-order valence-corrected chi connectivity index (χ1v) is 6.99. The highest BCUT2D eigenvalue weighted by molar-refractivity contribution is 7.92. The van der Waals surface area contributed by atoms with Crippen molar-refractivity contribution in [2.45, 2.75) is 19.8 Å². The third-order valence-corrected chi connectivity index (χ3v) is 2.51. The normalized spacial score (nSPS) is 11.8. The van der Waals surface area contributed by atoms with Crippen molar-refractivity contribution < 1.29 is 4.21 Å².